The Bertz CT molecular complexity index is 739. The Hall–Kier alpha value is -2.82. The number of hydrogen-bond donors (Lipinski definition) is 1. The molecule has 0 amide bonds. The summed E-state index contributed by atoms with van der Waals surface area (Å²) in [5.74, 6) is -1.03. The Kier molecular flexibility index (Phi) is 5.24. The van der Waals surface area contributed by atoms with E-state index in [0.29, 0.717) is 5.69 Å². The van der Waals surface area contributed by atoms with Crippen molar-refractivity contribution in [1.82, 2.24) is 0 Å². The predicted molar refractivity (Wildman–Crippen MR) is 93.1 cm³/mol. The van der Waals surface area contributed by atoms with Crippen molar-refractivity contribution in [1.29, 1.82) is 0 Å². The fourth-order valence-corrected chi connectivity index (χ4v) is 2.69. The number of methoxy groups -OCH3 is 2. The van der Waals surface area contributed by atoms with Gasteiger partial charge in [0.2, 0.25) is 0 Å². The van der Waals surface area contributed by atoms with Gasteiger partial charge in [-0.2, -0.15) is 0 Å². The van der Waals surface area contributed by atoms with Crippen LogP contribution in [0.25, 0.3) is 0 Å². The summed E-state index contributed by atoms with van der Waals surface area (Å²) in [6.45, 7) is 6.05. The topological polar surface area (TPSA) is 64.6 Å². The molecule has 0 fully saturated rings. The van der Waals surface area contributed by atoms with E-state index in [4.69, 9.17) is 9.47 Å². The molecule has 0 saturated carbocycles. The Morgan fingerprint density at radius 2 is 1.25 bits per heavy atom. The highest BCUT2D eigenvalue weighted by atomic mass is 16.5. The second-order valence-electron chi connectivity index (χ2n) is 5.68. The third kappa shape index (κ3) is 3.74. The minimum absolute atomic E-state index is 0.283. The van der Waals surface area contributed by atoms with E-state index in [1.165, 1.54) is 25.8 Å². The second kappa shape index (κ2) is 7.17. The van der Waals surface area contributed by atoms with Crippen LogP contribution in [0.2, 0.25) is 0 Å². The molecule has 126 valence electrons. The highest BCUT2D eigenvalue weighted by molar-refractivity contribution is 5.97. The molecule has 0 atom stereocenters. The molecule has 0 aliphatic rings. The minimum atomic E-state index is -0.513. The second-order valence-corrected chi connectivity index (χ2v) is 5.68. The van der Waals surface area contributed by atoms with Gasteiger partial charge in [-0.1, -0.05) is 17.7 Å². The van der Waals surface area contributed by atoms with Gasteiger partial charge in [0, 0.05) is 11.4 Å². The van der Waals surface area contributed by atoms with Gasteiger partial charge in [-0.05, 0) is 50.1 Å². The molecule has 5 heteroatoms. The SMILES string of the molecule is COC(=O)c1cc(Nc2c(C)cc(C)cc2C)cc(C(=O)OC)c1. The van der Waals surface area contributed by atoms with Gasteiger partial charge in [0.15, 0.2) is 0 Å². The zero-order chi connectivity index (χ0) is 17.9. The number of aryl methyl sites for hydroxylation is 3. The van der Waals surface area contributed by atoms with Crippen LogP contribution in [-0.2, 0) is 9.47 Å². The number of ether oxygens (including phenoxy) is 2. The normalized spacial score (nSPS) is 10.2. The van der Waals surface area contributed by atoms with Crippen LogP contribution in [0, 0.1) is 20.8 Å². The molecule has 0 heterocycles. The van der Waals surface area contributed by atoms with E-state index in [0.717, 1.165) is 16.8 Å². The molecule has 24 heavy (non-hydrogen) atoms. The standard InChI is InChI=1S/C19H21NO4/c1-11-6-12(2)17(13(3)7-11)20-16-9-14(18(21)23-4)8-15(10-16)19(22)24-5/h6-10,20H,1-5H3. The maximum Gasteiger partial charge on any atom is 0.337 e. The lowest BCUT2D eigenvalue weighted by Crippen LogP contribution is -2.08. The van der Waals surface area contributed by atoms with Crippen LogP contribution in [-0.4, -0.2) is 26.2 Å². The van der Waals surface area contributed by atoms with Gasteiger partial charge in [-0.15, -0.1) is 0 Å². The molecule has 0 unspecified atom stereocenters. The Morgan fingerprint density at radius 1 is 0.792 bits per heavy atom. The van der Waals surface area contributed by atoms with Gasteiger partial charge in [-0.25, -0.2) is 9.59 Å². The first kappa shape index (κ1) is 17.5. The first-order valence-electron chi connectivity index (χ1n) is 7.52. The first-order valence-corrected chi connectivity index (χ1v) is 7.52. The highest BCUT2D eigenvalue weighted by Gasteiger charge is 2.14. The number of rotatable bonds is 4. The molecule has 0 spiro atoms. The zero-order valence-electron chi connectivity index (χ0n) is 14.5. The Labute approximate surface area is 141 Å². The van der Waals surface area contributed by atoms with E-state index in [1.807, 2.05) is 20.8 Å². The number of anilines is 2. The van der Waals surface area contributed by atoms with Crippen LogP contribution in [0.15, 0.2) is 30.3 Å². The number of benzene rings is 2. The number of nitrogens with one attached hydrogen (secondary N) is 1. The average molecular weight is 327 g/mol. The molecule has 0 saturated heterocycles. The molecular formula is C19H21NO4. The predicted octanol–water partition coefficient (Wildman–Crippen LogP) is 3.93. The van der Waals surface area contributed by atoms with Crippen LogP contribution in [0.4, 0.5) is 11.4 Å². The van der Waals surface area contributed by atoms with E-state index < -0.39 is 11.9 Å². The molecule has 0 radical (unpaired) electrons. The Morgan fingerprint density at radius 3 is 1.67 bits per heavy atom. The van der Waals surface area contributed by atoms with Gasteiger partial charge >= 0.3 is 11.9 Å². The van der Waals surface area contributed by atoms with Crippen molar-refractivity contribution in [2.45, 2.75) is 20.8 Å². The summed E-state index contributed by atoms with van der Waals surface area (Å²) >= 11 is 0. The lowest BCUT2D eigenvalue weighted by atomic mass is 10.0. The molecule has 0 aliphatic heterocycles. The van der Waals surface area contributed by atoms with E-state index in [-0.39, 0.29) is 11.1 Å². The summed E-state index contributed by atoms with van der Waals surface area (Å²) in [5.41, 5.74) is 5.46. The fraction of sp³-hybridized carbons (Fsp3) is 0.263. The minimum Gasteiger partial charge on any atom is -0.465 e. The van der Waals surface area contributed by atoms with Gasteiger partial charge in [-0.3, -0.25) is 0 Å². The maximum atomic E-state index is 11.9. The van der Waals surface area contributed by atoms with Crippen LogP contribution in [0.3, 0.4) is 0 Å². The van der Waals surface area contributed by atoms with Gasteiger partial charge in [0.25, 0.3) is 0 Å². The van der Waals surface area contributed by atoms with Crippen molar-refractivity contribution in [3.63, 3.8) is 0 Å². The molecule has 2 aromatic rings. The van der Waals surface area contributed by atoms with Crippen molar-refractivity contribution in [2.24, 2.45) is 0 Å². The van der Waals surface area contributed by atoms with Crippen LogP contribution in [0.1, 0.15) is 37.4 Å². The summed E-state index contributed by atoms with van der Waals surface area (Å²) in [6, 6.07) is 8.90. The molecule has 2 rings (SSSR count). The van der Waals surface area contributed by atoms with E-state index >= 15 is 0 Å². The molecule has 2 aromatic carbocycles. The van der Waals surface area contributed by atoms with Crippen LogP contribution in [0.5, 0.6) is 0 Å². The van der Waals surface area contributed by atoms with Crippen molar-refractivity contribution in [3.8, 4) is 0 Å². The molecule has 0 bridgehead atoms. The monoisotopic (exact) mass is 327 g/mol. The average Bonchev–Trinajstić information content (AvgIpc) is 2.56. The van der Waals surface area contributed by atoms with Crippen molar-refractivity contribution < 1.29 is 19.1 Å². The van der Waals surface area contributed by atoms with E-state index in [9.17, 15) is 9.59 Å². The zero-order valence-corrected chi connectivity index (χ0v) is 14.5. The largest absolute Gasteiger partial charge is 0.465 e. The quantitative estimate of drug-likeness (QED) is 0.862. The van der Waals surface area contributed by atoms with Crippen molar-refractivity contribution in [2.75, 3.05) is 19.5 Å². The van der Waals surface area contributed by atoms with Gasteiger partial charge in [0.05, 0.1) is 25.3 Å². The summed E-state index contributed by atoms with van der Waals surface area (Å²) in [4.78, 5) is 23.7. The van der Waals surface area contributed by atoms with E-state index in [1.54, 1.807) is 12.1 Å². The van der Waals surface area contributed by atoms with E-state index in [2.05, 4.69) is 17.4 Å². The van der Waals surface area contributed by atoms with Gasteiger partial charge in [0.1, 0.15) is 0 Å². The summed E-state index contributed by atoms with van der Waals surface area (Å²) in [6.07, 6.45) is 0. The molecule has 1 N–H and O–H groups in total. The molecule has 0 aliphatic carbocycles. The number of carbonyl (C=O) groups excluding carboxylic acids is 2. The third-order valence-electron chi connectivity index (χ3n) is 3.72. The molecular weight excluding hydrogens is 306 g/mol. The van der Waals surface area contributed by atoms with Crippen molar-refractivity contribution in [3.05, 3.63) is 58.1 Å². The fourth-order valence-electron chi connectivity index (χ4n) is 2.69. The first-order chi connectivity index (χ1) is 11.3. The highest BCUT2D eigenvalue weighted by Crippen LogP contribution is 2.27. The summed E-state index contributed by atoms with van der Waals surface area (Å²) in [5, 5.41) is 3.29. The number of esters is 2. The van der Waals surface area contributed by atoms with Crippen LogP contribution < -0.4 is 5.32 Å². The lowest BCUT2D eigenvalue weighted by Gasteiger charge is -2.15. The molecule has 0 aromatic heterocycles. The van der Waals surface area contributed by atoms with Gasteiger partial charge < -0.3 is 14.8 Å². The van der Waals surface area contributed by atoms with Crippen molar-refractivity contribution >= 4 is 23.3 Å². The Balaban J connectivity index is 2.50. The number of carbonyl (C=O) groups is 2. The lowest BCUT2D eigenvalue weighted by molar-refractivity contribution is 0.0599. The number of hydrogen-bond acceptors (Lipinski definition) is 5. The maximum absolute atomic E-state index is 11.9. The summed E-state index contributed by atoms with van der Waals surface area (Å²) in [7, 11) is 2.60. The van der Waals surface area contributed by atoms with Crippen LogP contribution >= 0.6 is 0 Å². The summed E-state index contributed by atoms with van der Waals surface area (Å²) < 4.78 is 9.51. The third-order valence-corrected chi connectivity index (χ3v) is 3.72. The smallest absolute Gasteiger partial charge is 0.337 e. The molecule has 5 nitrogen and oxygen atoms in total.